The Balaban J connectivity index is 1.71. The Labute approximate surface area is 145 Å². The maximum absolute atomic E-state index is 12.2. The number of carbonyl (C=O) groups excluding carboxylic acids is 1. The number of ketones is 1. The summed E-state index contributed by atoms with van der Waals surface area (Å²) in [6.45, 7) is 0. The van der Waals surface area contributed by atoms with E-state index in [0.717, 1.165) is 30.4 Å². The maximum atomic E-state index is 12.2. The molecule has 1 aromatic carbocycles. The summed E-state index contributed by atoms with van der Waals surface area (Å²) in [5.74, 6) is 0.739. The van der Waals surface area contributed by atoms with Gasteiger partial charge >= 0.3 is 0 Å². The Bertz CT molecular complexity index is 1060. The van der Waals surface area contributed by atoms with Crippen LogP contribution in [0.15, 0.2) is 47.9 Å². The summed E-state index contributed by atoms with van der Waals surface area (Å²) in [5.41, 5.74) is 2.63. The summed E-state index contributed by atoms with van der Waals surface area (Å²) in [5, 5.41) is -0.0440. The largest absolute Gasteiger partial charge is 0.296 e. The van der Waals surface area contributed by atoms with Crippen molar-refractivity contribution in [1.29, 1.82) is 0 Å². The van der Waals surface area contributed by atoms with Gasteiger partial charge in [0, 0.05) is 36.2 Å². The minimum Gasteiger partial charge on any atom is -0.296 e. The number of aromatic nitrogens is 3. The molecular formula is C18H17N3O3S. The summed E-state index contributed by atoms with van der Waals surface area (Å²) >= 11 is 0. The van der Waals surface area contributed by atoms with E-state index >= 15 is 0 Å². The van der Waals surface area contributed by atoms with Gasteiger partial charge in [0.25, 0.3) is 0 Å². The molecule has 3 aromatic rings. The second kappa shape index (κ2) is 5.77. The molecule has 7 heteroatoms. The molecule has 0 unspecified atom stereocenters. The van der Waals surface area contributed by atoms with Crippen LogP contribution in [0.2, 0.25) is 0 Å². The third kappa shape index (κ3) is 3.07. The van der Waals surface area contributed by atoms with Gasteiger partial charge < -0.3 is 0 Å². The molecule has 25 heavy (non-hydrogen) atoms. The first-order chi connectivity index (χ1) is 11.9. The molecule has 4 rings (SSSR count). The van der Waals surface area contributed by atoms with Crippen LogP contribution in [0.1, 0.15) is 29.6 Å². The fourth-order valence-electron chi connectivity index (χ4n) is 2.90. The average Bonchev–Trinajstić information content (AvgIpc) is 3.29. The van der Waals surface area contributed by atoms with E-state index in [9.17, 15) is 13.2 Å². The lowest BCUT2D eigenvalue weighted by molar-refractivity contribution is 0.0976. The number of nitrogens with zero attached hydrogens (tertiary/aromatic N) is 3. The highest BCUT2D eigenvalue weighted by molar-refractivity contribution is 7.90. The van der Waals surface area contributed by atoms with E-state index in [2.05, 4.69) is 9.97 Å². The lowest BCUT2D eigenvalue weighted by atomic mass is 10.0. The van der Waals surface area contributed by atoms with Gasteiger partial charge in [0.15, 0.2) is 26.3 Å². The highest BCUT2D eigenvalue weighted by atomic mass is 32.2. The second-order valence-corrected chi connectivity index (χ2v) is 8.42. The number of Topliss-reactive ketones (excluding diaryl/α,β-unsaturated/α-hetero) is 1. The summed E-state index contributed by atoms with van der Waals surface area (Å²) in [6.07, 6.45) is 8.79. The number of hydrogen-bond acceptors (Lipinski definition) is 5. The predicted octanol–water partition coefficient (Wildman–Crippen LogP) is 2.78. The van der Waals surface area contributed by atoms with Gasteiger partial charge in [-0.2, -0.15) is 0 Å². The van der Waals surface area contributed by atoms with Gasteiger partial charge in [-0.1, -0.05) is 24.3 Å². The Morgan fingerprint density at radius 3 is 2.56 bits per heavy atom. The van der Waals surface area contributed by atoms with Crippen molar-refractivity contribution in [2.75, 3.05) is 6.26 Å². The average molecular weight is 355 g/mol. The number of carbonyl (C=O) groups is 1. The molecular weight excluding hydrogens is 338 g/mol. The predicted molar refractivity (Wildman–Crippen MR) is 93.2 cm³/mol. The number of fused-ring (bicyclic) bond motifs is 1. The van der Waals surface area contributed by atoms with Crippen molar-refractivity contribution in [2.45, 2.75) is 24.3 Å². The summed E-state index contributed by atoms with van der Waals surface area (Å²) < 4.78 is 25.4. The summed E-state index contributed by atoms with van der Waals surface area (Å²) in [7, 11) is -3.46. The molecule has 0 spiro atoms. The van der Waals surface area contributed by atoms with E-state index in [1.165, 1.54) is 6.20 Å². The van der Waals surface area contributed by atoms with Crippen LogP contribution < -0.4 is 0 Å². The van der Waals surface area contributed by atoms with Crippen molar-refractivity contribution < 1.29 is 13.2 Å². The second-order valence-electron chi connectivity index (χ2n) is 6.49. The first-order valence-corrected chi connectivity index (χ1v) is 9.98. The number of rotatable bonds is 5. The van der Waals surface area contributed by atoms with Gasteiger partial charge in [-0.25, -0.2) is 18.4 Å². The fourth-order valence-corrected chi connectivity index (χ4v) is 3.63. The van der Waals surface area contributed by atoms with Crippen molar-refractivity contribution in [3.05, 3.63) is 48.4 Å². The molecule has 1 aliphatic rings. The standard InChI is InChI=1S/C18H17N3O3S/c1-25(23,24)18-17-20-11-15(21(17)9-8-19-18)13-4-6-14(7-5-13)16(22)10-12-2-3-12/h4-9,11-12H,2-3,10H2,1H3. The molecule has 1 fully saturated rings. The van der Waals surface area contributed by atoms with E-state index in [0.29, 0.717) is 23.5 Å². The van der Waals surface area contributed by atoms with Crippen LogP contribution >= 0.6 is 0 Å². The monoisotopic (exact) mass is 355 g/mol. The zero-order valence-electron chi connectivity index (χ0n) is 13.7. The lowest BCUT2D eigenvalue weighted by Gasteiger charge is -2.05. The number of benzene rings is 1. The van der Waals surface area contributed by atoms with Crippen LogP contribution in [-0.2, 0) is 9.84 Å². The van der Waals surface area contributed by atoms with Crippen LogP contribution in [0.4, 0.5) is 0 Å². The summed E-state index contributed by atoms with van der Waals surface area (Å²) in [4.78, 5) is 20.3. The number of imidazole rings is 1. The molecule has 0 N–H and O–H groups in total. The molecule has 1 saturated carbocycles. The molecule has 128 valence electrons. The number of hydrogen-bond donors (Lipinski definition) is 0. The van der Waals surface area contributed by atoms with Crippen molar-refractivity contribution in [3.63, 3.8) is 0 Å². The fraction of sp³-hybridized carbons (Fsp3) is 0.278. The molecule has 0 saturated heterocycles. The summed E-state index contributed by atoms with van der Waals surface area (Å²) in [6, 6.07) is 7.37. The van der Waals surface area contributed by atoms with Gasteiger partial charge in [0.1, 0.15) is 0 Å². The van der Waals surface area contributed by atoms with Gasteiger partial charge in [0.05, 0.1) is 11.9 Å². The van der Waals surface area contributed by atoms with Crippen molar-refractivity contribution in [3.8, 4) is 11.3 Å². The minimum absolute atomic E-state index is 0.0440. The molecule has 0 amide bonds. The van der Waals surface area contributed by atoms with E-state index in [1.807, 2.05) is 24.3 Å². The van der Waals surface area contributed by atoms with Gasteiger partial charge in [0.2, 0.25) is 0 Å². The van der Waals surface area contributed by atoms with Crippen LogP contribution in [0.25, 0.3) is 16.9 Å². The maximum Gasteiger partial charge on any atom is 0.198 e. The van der Waals surface area contributed by atoms with E-state index in [4.69, 9.17) is 0 Å². The molecule has 0 aliphatic heterocycles. The van der Waals surface area contributed by atoms with Gasteiger partial charge in [-0.3, -0.25) is 9.20 Å². The van der Waals surface area contributed by atoms with Crippen LogP contribution in [0.5, 0.6) is 0 Å². The van der Waals surface area contributed by atoms with Crippen LogP contribution in [0, 0.1) is 5.92 Å². The van der Waals surface area contributed by atoms with E-state index in [-0.39, 0.29) is 10.8 Å². The topological polar surface area (TPSA) is 81.4 Å². The number of sulfone groups is 1. The molecule has 0 atom stereocenters. The van der Waals surface area contributed by atoms with Gasteiger partial charge in [-0.05, 0) is 18.8 Å². The normalized spacial score (nSPS) is 14.8. The smallest absolute Gasteiger partial charge is 0.198 e. The van der Waals surface area contributed by atoms with Crippen LogP contribution in [0.3, 0.4) is 0 Å². The zero-order chi connectivity index (χ0) is 17.6. The quantitative estimate of drug-likeness (QED) is 0.657. The SMILES string of the molecule is CS(=O)(=O)c1nccn2c(-c3ccc(C(=O)CC4CC4)cc3)cnc12. The highest BCUT2D eigenvalue weighted by Crippen LogP contribution is 2.33. The Kier molecular flexibility index (Phi) is 3.68. The molecule has 6 nitrogen and oxygen atoms in total. The van der Waals surface area contributed by atoms with Crippen molar-refractivity contribution in [2.24, 2.45) is 5.92 Å². The third-order valence-corrected chi connectivity index (χ3v) is 5.41. The molecule has 2 heterocycles. The molecule has 0 bridgehead atoms. The zero-order valence-corrected chi connectivity index (χ0v) is 14.5. The van der Waals surface area contributed by atoms with Crippen molar-refractivity contribution >= 4 is 21.3 Å². The Morgan fingerprint density at radius 1 is 1.20 bits per heavy atom. The van der Waals surface area contributed by atoms with Gasteiger partial charge in [-0.15, -0.1) is 0 Å². The Morgan fingerprint density at radius 2 is 1.92 bits per heavy atom. The van der Waals surface area contributed by atoms with E-state index in [1.54, 1.807) is 16.8 Å². The van der Waals surface area contributed by atoms with Crippen molar-refractivity contribution in [1.82, 2.24) is 14.4 Å². The lowest BCUT2D eigenvalue weighted by Crippen LogP contribution is -2.04. The molecule has 2 aromatic heterocycles. The highest BCUT2D eigenvalue weighted by Gasteiger charge is 2.25. The molecule has 1 aliphatic carbocycles. The first kappa shape index (κ1) is 16.0. The third-order valence-electron chi connectivity index (χ3n) is 4.42. The Hall–Kier alpha value is -2.54. The minimum atomic E-state index is -3.46. The first-order valence-electron chi connectivity index (χ1n) is 8.09. The molecule has 0 radical (unpaired) electrons. The van der Waals surface area contributed by atoms with Crippen LogP contribution in [-0.4, -0.2) is 34.8 Å². The van der Waals surface area contributed by atoms with E-state index < -0.39 is 9.84 Å².